The molecule has 0 saturated carbocycles. The maximum atomic E-state index is 10.1. The Hall–Kier alpha value is -2.94. The van der Waals surface area contributed by atoms with Crippen molar-refractivity contribution in [2.24, 2.45) is 0 Å². The largest absolute Gasteiger partial charge is 0.388 e. The van der Waals surface area contributed by atoms with E-state index >= 15 is 0 Å². The number of hydrogen-bond donors (Lipinski definition) is 1. The summed E-state index contributed by atoms with van der Waals surface area (Å²) in [5.41, 5.74) is 5.85. The first kappa shape index (κ1) is 19.4. The molecule has 0 saturated heterocycles. The van der Waals surface area contributed by atoms with Gasteiger partial charge in [0.2, 0.25) is 0 Å². The number of pyridine rings is 1. The van der Waals surface area contributed by atoms with Crippen molar-refractivity contribution in [3.63, 3.8) is 0 Å². The van der Waals surface area contributed by atoms with Crippen molar-refractivity contribution in [2.45, 2.75) is 19.4 Å². The molecule has 0 aliphatic rings. The number of fused-ring (bicyclic) bond motifs is 1. The highest BCUT2D eigenvalue weighted by Gasteiger charge is 2.07. The Balaban J connectivity index is 1.61. The molecule has 0 bridgehead atoms. The summed E-state index contributed by atoms with van der Waals surface area (Å²) >= 11 is 6.08. The first-order valence-corrected chi connectivity index (χ1v) is 10.0. The molecular formula is C26H21ClNO. The standard InChI is InChI=1S/C26H21ClNO/c1-2-26(29)22-8-4-7-21(16-22)20-6-3-5-18(15-20)9-13-24-14-11-19-10-12-23(27)17-25(19)28-24/h3-7,9-17,26,29H,2H2,1H3. The van der Waals surface area contributed by atoms with E-state index in [9.17, 15) is 5.11 Å². The van der Waals surface area contributed by atoms with Gasteiger partial charge in [0.15, 0.2) is 0 Å². The number of aromatic nitrogens is 1. The van der Waals surface area contributed by atoms with Gasteiger partial charge in [0.25, 0.3) is 0 Å². The van der Waals surface area contributed by atoms with Crippen molar-refractivity contribution in [1.29, 1.82) is 0 Å². The lowest BCUT2D eigenvalue weighted by Gasteiger charge is -2.10. The molecule has 1 heterocycles. The van der Waals surface area contributed by atoms with E-state index in [4.69, 9.17) is 11.6 Å². The second kappa shape index (κ2) is 8.60. The third kappa shape index (κ3) is 4.56. The van der Waals surface area contributed by atoms with Crippen LogP contribution >= 0.6 is 11.6 Å². The van der Waals surface area contributed by atoms with E-state index in [0.717, 1.165) is 38.9 Å². The maximum absolute atomic E-state index is 10.1. The summed E-state index contributed by atoms with van der Waals surface area (Å²) in [5, 5.41) is 11.9. The molecule has 0 amide bonds. The molecule has 1 aromatic heterocycles. The zero-order chi connectivity index (χ0) is 20.2. The number of benzene rings is 3. The Morgan fingerprint density at radius 3 is 2.69 bits per heavy atom. The Morgan fingerprint density at radius 1 is 1.00 bits per heavy atom. The lowest BCUT2D eigenvalue weighted by atomic mass is 9.98. The average molecular weight is 399 g/mol. The molecule has 0 aliphatic carbocycles. The SMILES string of the molecule is CCC(O)c1[c]ccc(-c2cccc(C=Cc3ccc4ccc(Cl)cc4n3)c2)c1. The first-order chi connectivity index (χ1) is 14.1. The molecule has 0 spiro atoms. The Labute approximate surface area is 176 Å². The number of nitrogens with zero attached hydrogens (tertiary/aromatic N) is 1. The topological polar surface area (TPSA) is 33.1 Å². The molecule has 143 valence electrons. The van der Waals surface area contributed by atoms with Gasteiger partial charge < -0.3 is 5.11 Å². The summed E-state index contributed by atoms with van der Waals surface area (Å²) in [7, 11) is 0. The molecule has 0 fully saturated rings. The number of aliphatic hydroxyl groups excluding tert-OH is 1. The van der Waals surface area contributed by atoms with Crippen LogP contribution in [0.15, 0.2) is 72.8 Å². The zero-order valence-electron chi connectivity index (χ0n) is 16.1. The van der Waals surface area contributed by atoms with Crippen LogP contribution in [0.1, 0.15) is 36.3 Å². The van der Waals surface area contributed by atoms with E-state index in [2.05, 4.69) is 41.4 Å². The minimum absolute atomic E-state index is 0.481. The van der Waals surface area contributed by atoms with E-state index in [1.165, 1.54) is 0 Å². The van der Waals surface area contributed by atoms with Gasteiger partial charge in [0.1, 0.15) is 0 Å². The van der Waals surface area contributed by atoms with Crippen LogP contribution in [0.25, 0.3) is 34.2 Å². The zero-order valence-corrected chi connectivity index (χ0v) is 16.9. The molecule has 3 aromatic carbocycles. The Bertz CT molecular complexity index is 1180. The highest BCUT2D eigenvalue weighted by atomic mass is 35.5. The van der Waals surface area contributed by atoms with Crippen molar-refractivity contribution in [1.82, 2.24) is 4.98 Å². The van der Waals surface area contributed by atoms with Gasteiger partial charge in [0, 0.05) is 10.4 Å². The fourth-order valence-electron chi connectivity index (χ4n) is 3.28. The number of halogens is 1. The maximum Gasteiger partial charge on any atom is 0.0793 e. The van der Waals surface area contributed by atoms with Crippen LogP contribution in [0.2, 0.25) is 5.02 Å². The monoisotopic (exact) mass is 398 g/mol. The van der Waals surface area contributed by atoms with Crippen LogP contribution in [0, 0.1) is 6.07 Å². The third-order valence-electron chi connectivity index (χ3n) is 4.91. The van der Waals surface area contributed by atoms with Crippen molar-refractivity contribution in [3.8, 4) is 11.1 Å². The first-order valence-electron chi connectivity index (χ1n) is 9.67. The van der Waals surface area contributed by atoms with E-state index in [-0.39, 0.29) is 0 Å². The molecular weight excluding hydrogens is 378 g/mol. The molecule has 4 rings (SSSR count). The third-order valence-corrected chi connectivity index (χ3v) is 5.15. The summed E-state index contributed by atoms with van der Waals surface area (Å²) in [6.07, 6.45) is 4.25. The molecule has 4 aromatic rings. The smallest absolute Gasteiger partial charge is 0.0793 e. The van der Waals surface area contributed by atoms with Gasteiger partial charge in [-0.05, 0) is 71.1 Å². The van der Waals surface area contributed by atoms with E-state index in [0.29, 0.717) is 11.4 Å². The second-order valence-electron chi connectivity index (χ2n) is 6.99. The fraction of sp³-hybridized carbons (Fsp3) is 0.115. The highest BCUT2D eigenvalue weighted by Crippen LogP contribution is 2.26. The molecule has 29 heavy (non-hydrogen) atoms. The van der Waals surface area contributed by atoms with Crippen LogP contribution in [0.5, 0.6) is 0 Å². The fourth-order valence-corrected chi connectivity index (χ4v) is 3.45. The van der Waals surface area contributed by atoms with Crippen molar-refractivity contribution in [2.75, 3.05) is 0 Å². The van der Waals surface area contributed by atoms with Gasteiger partial charge in [-0.2, -0.15) is 0 Å². The van der Waals surface area contributed by atoms with Gasteiger partial charge >= 0.3 is 0 Å². The summed E-state index contributed by atoms with van der Waals surface area (Å²) in [6, 6.07) is 27.1. The Kier molecular flexibility index (Phi) is 5.75. The minimum atomic E-state index is -0.481. The predicted molar refractivity (Wildman–Crippen MR) is 122 cm³/mol. The van der Waals surface area contributed by atoms with E-state index in [1.807, 2.05) is 61.5 Å². The number of hydrogen-bond acceptors (Lipinski definition) is 2. The average Bonchev–Trinajstić information content (AvgIpc) is 2.77. The van der Waals surface area contributed by atoms with Crippen LogP contribution in [-0.4, -0.2) is 10.1 Å². The summed E-state index contributed by atoms with van der Waals surface area (Å²) in [5.74, 6) is 0. The van der Waals surface area contributed by atoms with Crippen LogP contribution in [0.4, 0.5) is 0 Å². The normalized spacial score (nSPS) is 12.5. The van der Waals surface area contributed by atoms with Crippen LogP contribution < -0.4 is 0 Å². The summed E-state index contributed by atoms with van der Waals surface area (Å²) in [4.78, 5) is 4.67. The second-order valence-corrected chi connectivity index (χ2v) is 7.43. The highest BCUT2D eigenvalue weighted by molar-refractivity contribution is 6.31. The minimum Gasteiger partial charge on any atom is -0.388 e. The van der Waals surface area contributed by atoms with E-state index < -0.39 is 6.10 Å². The van der Waals surface area contributed by atoms with Gasteiger partial charge in [-0.15, -0.1) is 0 Å². The summed E-state index contributed by atoms with van der Waals surface area (Å²) in [6.45, 7) is 1.96. The Morgan fingerprint density at radius 2 is 1.83 bits per heavy atom. The quantitative estimate of drug-likeness (QED) is 0.393. The van der Waals surface area contributed by atoms with Gasteiger partial charge in [-0.1, -0.05) is 67.1 Å². The van der Waals surface area contributed by atoms with Gasteiger partial charge in [-0.25, -0.2) is 4.98 Å². The van der Waals surface area contributed by atoms with Crippen molar-refractivity contribution >= 4 is 34.7 Å². The molecule has 3 heteroatoms. The molecule has 1 unspecified atom stereocenters. The van der Waals surface area contributed by atoms with Gasteiger partial charge in [-0.3, -0.25) is 0 Å². The molecule has 2 nitrogen and oxygen atoms in total. The molecule has 0 aliphatic heterocycles. The van der Waals surface area contributed by atoms with Gasteiger partial charge in [0.05, 0.1) is 17.3 Å². The molecule has 1 atom stereocenters. The molecule has 1 radical (unpaired) electrons. The molecule has 1 N–H and O–H groups in total. The van der Waals surface area contributed by atoms with E-state index in [1.54, 1.807) is 0 Å². The lowest BCUT2D eigenvalue weighted by Crippen LogP contribution is -1.95. The number of aliphatic hydroxyl groups is 1. The lowest BCUT2D eigenvalue weighted by molar-refractivity contribution is 0.173. The van der Waals surface area contributed by atoms with Crippen LogP contribution in [-0.2, 0) is 0 Å². The predicted octanol–water partition coefficient (Wildman–Crippen LogP) is 6.97. The van der Waals surface area contributed by atoms with Crippen molar-refractivity contribution < 1.29 is 5.11 Å². The van der Waals surface area contributed by atoms with Crippen molar-refractivity contribution in [3.05, 3.63) is 101 Å². The van der Waals surface area contributed by atoms with Crippen LogP contribution in [0.3, 0.4) is 0 Å². The summed E-state index contributed by atoms with van der Waals surface area (Å²) < 4.78 is 0. The number of rotatable bonds is 5.